The maximum Gasteiger partial charge on any atom is 0.240 e. The van der Waals surface area contributed by atoms with Gasteiger partial charge in [0.25, 0.3) is 0 Å². The molecule has 1 aliphatic heterocycles. The molecule has 0 aromatic carbocycles. The molecule has 2 aromatic rings. The van der Waals surface area contributed by atoms with Gasteiger partial charge >= 0.3 is 0 Å². The smallest absolute Gasteiger partial charge is 0.240 e. The third kappa shape index (κ3) is 5.23. The summed E-state index contributed by atoms with van der Waals surface area (Å²) in [6.45, 7) is 9.52. The number of carbonyl (C=O) groups is 1. The van der Waals surface area contributed by atoms with Crippen LogP contribution in [0.1, 0.15) is 37.3 Å². The van der Waals surface area contributed by atoms with Crippen molar-refractivity contribution in [1.29, 1.82) is 0 Å². The fourth-order valence-electron chi connectivity index (χ4n) is 2.41. The zero-order chi connectivity index (χ0) is 18.6. The highest BCUT2D eigenvalue weighted by molar-refractivity contribution is 7.16. The number of rotatable bonds is 5. The normalized spacial score (nSPS) is 16.3. The molecule has 7 nitrogen and oxygen atoms in total. The molecule has 0 atom stereocenters. The van der Waals surface area contributed by atoms with Gasteiger partial charge in [0.2, 0.25) is 11.8 Å². The van der Waals surface area contributed by atoms with Crippen molar-refractivity contribution in [3.05, 3.63) is 28.9 Å². The first-order valence-corrected chi connectivity index (χ1v) is 9.42. The van der Waals surface area contributed by atoms with E-state index in [-0.39, 0.29) is 11.3 Å². The van der Waals surface area contributed by atoms with Crippen molar-refractivity contribution in [3.8, 4) is 0 Å². The van der Waals surface area contributed by atoms with Gasteiger partial charge in [-0.2, -0.15) is 0 Å². The molecule has 1 saturated heterocycles. The Labute approximate surface area is 157 Å². The number of oxazole rings is 1. The second-order valence-corrected chi connectivity index (χ2v) is 8.21. The molecule has 1 amide bonds. The molecule has 0 bridgehead atoms. The van der Waals surface area contributed by atoms with Crippen LogP contribution in [-0.4, -0.2) is 53.6 Å². The van der Waals surface area contributed by atoms with Crippen molar-refractivity contribution < 1.29 is 13.9 Å². The first-order chi connectivity index (χ1) is 12.4. The zero-order valence-electron chi connectivity index (χ0n) is 15.3. The summed E-state index contributed by atoms with van der Waals surface area (Å²) in [4.78, 5) is 23.6. The summed E-state index contributed by atoms with van der Waals surface area (Å²) in [5.74, 6) is 1.35. The molecule has 0 unspecified atom stereocenters. The highest BCUT2D eigenvalue weighted by Crippen LogP contribution is 2.24. The molecular weight excluding hydrogens is 352 g/mol. The molecule has 140 valence electrons. The molecule has 2 aromatic heterocycles. The molecule has 0 spiro atoms. The molecule has 3 heterocycles. The van der Waals surface area contributed by atoms with Crippen LogP contribution in [0.15, 0.2) is 16.8 Å². The Morgan fingerprint density at radius 2 is 2.04 bits per heavy atom. The van der Waals surface area contributed by atoms with Crippen LogP contribution < -0.4 is 5.32 Å². The van der Waals surface area contributed by atoms with Crippen molar-refractivity contribution in [2.75, 3.05) is 38.2 Å². The van der Waals surface area contributed by atoms with E-state index in [0.29, 0.717) is 30.8 Å². The Morgan fingerprint density at radius 3 is 2.73 bits per heavy atom. The minimum absolute atomic E-state index is 0.0562. The molecule has 1 aliphatic rings. The number of thiazole rings is 1. The summed E-state index contributed by atoms with van der Waals surface area (Å²) >= 11 is 1.41. The van der Waals surface area contributed by atoms with Gasteiger partial charge in [-0.3, -0.25) is 9.69 Å². The van der Waals surface area contributed by atoms with E-state index in [2.05, 4.69) is 41.0 Å². The number of nitrogens with one attached hydrogen (secondary N) is 1. The number of nitrogens with zero attached hydrogens (tertiary/aromatic N) is 3. The van der Waals surface area contributed by atoms with E-state index in [9.17, 15) is 4.79 Å². The van der Waals surface area contributed by atoms with Crippen LogP contribution in [0.2, 0.25) is 0 Å². The molecule has 8 heteroatoms. The fourth-order valence-corrected chi connectivity index (χ4v) is 3.14. The van der Waals surface area contributed by atoms with Crippen LogP contribution in [0, 0.1) is 0 Å². The first kappa shape index (κ1) is 18.8. The van der Waals surface area contributed by atoms with Crippen molar-refractivity contribution in [3.63, 3.8) is 0 Å². The van der Waals surface area contributed by atoms with E-state index in [0.717, 1.165) is 23.7 Å². The van der Waals surface area contributed by atoms with E-state index in [1.165, 1.54) is 11.3 Å². The predicted octanol–water partition coefficient (Wildman–Crippen LogP) is 2.87. The summed E-state index contributed by atoms with van der Waals surface area (Å²) in [6.07, 6.45) is 7.17. The van der Waals surface area contributed by atoms with E-state index in [1.54, 1.807) is 12.4 Å². The SMILES string of the molecule is CC(C)(C)c1cnc(/C=C/c2cnc(NC(=O)CN3CCOCC3)s2)o1. The fraction of sp³-hybridized carbons (Fsp3) is 0.500. The Bertz CT molecular complexity index is 769. The molecular formula is C18H24N4O3S. The Hall–Kier alpha value is -2.03. The molecule has 26 heavy (non-hydrogen) atoms. The summed E-state index contributed by atoms with van der Waals surface area (Å²) < 4.78 is 11.0. The number of carbonyl (C=O) groups excluding carboxylic acids is 1. The van der Waals surface area contributed by atoms with Gasteiger partial charge in [0.05, 0.1) is 26.0 Å². The van der Waals surface area contributed by atoms with Crippen molar-refractivity contribution >= 4 is 34.5 Å². The summed E-state index contributed by atoms with van der Waals surface area (Å²) in [6, 6.07) is 0. The third-order valence-electron chi connectivity index (χ3n) is 3.89. The van der Waals surface area contributed by atoms with Gasteiger partial charge in [-0.05, 0) is 6.08 Å². The summed E-state index contributed by atoms with van der Waals surface area (Å²) in [7, 11) is 0. The van der Waals surface area contributed by atoms with Gasteiger partial charge in [-0.1, -0.05) is 32.1 Å². The number of aromatic nitrogens is 2. The van der Waals surface area contributed by atoms with E-state index in [4.69, 9.17) is 9.15 Å². The number of anilines is 1. The zero-order valence-corrected chi connectivity index (χ0v) is 16.1. The van der Waals surface area contributed by atoms with Crippen molar-refractivity contribution in [2.45, 2.75) is 26.2 Å². The Morgan fingerprint density at radius 1 is 1.27 bits per heavy atom. The molecule has 1 N–H and O–H groups in total. The lowest BCUT2D eigenvalue weighted by molar-refractivity contribution is -0.118. The molecule has 1 fully saturated rings. The Kier molecular flexibility index (Phi) is 5.85. The van der Waals surface area contributed by atoms with Crippen molar-refractivity contribution in [1.82, 2.24) is 14.9 Å². The van der Waals surface area contributed by atoms with E-state index < -0.39 is 0 Å². The minimum atomic E-state index is -0.0679. The average Bonchev–Trinajstić information content (AvgIpc) is 3.22. The second-order valence-electron chi connectivity index (χ2n) is 7.15. The van der Waals surface area contributed by atoms with Gasteiger partial charge < -0.3 is 14.5 Å². The van der Waals surface area contributed by atoms with Gasteiger partial charge in [-0.15, -0.1) is 0 Å². The average molecular weight is 376 g/mol. The molecule has 0 radical (unpaired) electrons. The topological polar surface area (TPSA) is 80.5 Å². The lowest BCUT2D eigenvalue weighted by Crippen LogP contribution is -2.41. The number of ether oxygens (including phenoxy) is 1. The number of amides is 1. The van der Waals surface area contributed by atoms with Crippen molar-refractivity contribution in [2.24, 2.45) is 0 Å². The monoisotopic (exact) mass is 376 g/mol. The number of hydrogen-bond donors (Lipinski definition) is 1. The molecule has 0 aliphatic carbocycles. The molecule has 3 rings (SSSR count). The largest absolute Gasteiger partial charge is 0.441 e. The van der Waals surface area contributed by atoms with E-state index >= 15 is 0 Å². The highest BCUT2D eigenvalue weighted by Gasteiger charge is 2.18. The predicted molar refractivity (Wildman–Crippen MR) is 102 cm³/mol. The standard InChI is InChI=1S/C18H24N4O3S/c1-18(2,3)14-11-19-16(25-14)5-4-13-10-20-17(26-13)21-15(23)12-22-6-8-24-9-7-22/h4-5,10-11H,6-9,12H2,1-3H3,(H,20,21,23)/b5-4+. The molecule has 0 saturated carbocycles. The van der Waals surface area contributed by atoms with Crippen LogP contribution in [0.5, 0.6) is 0 Å². The lowest BCUT2D eigenvalue weighted by atomic mass is 9.94. The van der Waals surface area contributed by atoms with Crippen LogP contribution >= 0.6 is 11.3 Å². The maximum atomic E-state index is 12.1. The lowest BCUT2D eigenvalue weighted by Gasteiger charge is -2.25. The second kappa shape index (κ2) is 8.11. The van der Waals surface area contributed by atoms with Crippen LogP contribution in [0.4, 0.5) is 5.13 Å². The highest BCUT2D eigenvalue weighted by atomic mass is 32.1. The van der Waals surface area contributed by atoms with Gasteiger partial charge in [0.1, 0.15) is 5.76 Å². The van der Waals surface area contributed by atoms with Crippen LogP contribution in [0.3, 0.4) is 0 Å². The number of hydrogen-bond acceptors (Lipinski definition) is 7. The third-order valence-corrected chi connectivity index (χ3v) is 4.77. The summed E-state index contributed by atoms with van der Waals surface area (Å²) in [5.41, 5.74) is -0.0679. The van der Waals surface area contributed by atoms with Crippen LogP contribution in [0.25, 0.3) is 12.2 Å². The van der Waals surface area contributed by atoms with Gasteiger partial charge in [0.15, 0.2) is 5.13 Å². The summed E-state index contributed by atoms with van der Waals surface area (Å²) in [5, 5.41) is 3.43. The van der Waals surface area contributed by atoms with Gasteiger partial charge in [0, 0.05) is 35.7 Å². The quantitative estimate of drug-likeness (QED) is 0.864. The van der Waals surface area contributed by atoms with E-state index in [1.807, 2.05) is 12.2 Å². The first-order valence-electron chi connectivity index (χ1n) is 8.60. The Balaban J connectivity index is 1.54. The van der Waals surface area contributed by atoms with Gasteiger partial charge in [-0.25, -0.2) is 9.97 Å². The van der Waals surface area contributed by atoms with Crippen LogP contribution in [-0.2, 0) is 14.9 Å². The number of morpholine rings is 1. The maximum absolute atomic E-state index is 12.1. The minimum Gasteiger partial charge on any atom is -0.441 e.